The van der Waals surface area contributed by atoms with Gasteiger partial charge in [0.15, 0.2) is 0 Å². The molecule has 1 fully saturated rings. The molecule has 1 saturated heterocycles. The van der Waals surface area contributed by atoms with Gasteiger partial charge in [-0.05, 0) is 65.8 Å². The number of benzene rings is 1. The monoisotopic (exact) mass is 407 g/mol. The quantitative estimate of drug-likeness (QED) is 0.758. The molecule has 1 aliphatic heterocycles. The molecule has 0 amide bonds. The van der Waals surface area contributed by atoms with Crippen LogP contribution in [0.1, 0.15) is 64.5 Å². The number of aliphatic hydroxyl groups excluding tert-OH is 1. The molecule has 2 heterocycles. The van der Waals surface area contributed by atoms with Crippen LogP contribution in [0.15, 0.2) is 36.4 Å². The van der Waals surface area contributed by atoms with Crippen LogP contribution >= 0.6 is 0 Å². The molecule has 4 heteroatoms. The van der Waals surface area contributed by atoms with Crippen molar-refractivity contribution >= 4 is 5.82 Å². The summed E-state index contributed by atoms with van der Waals surface area (Å²) < 4.78 is 0. The zero-order valence-electron chi connectivity index (χ0n) is 19.0. The maximum atomic E-state index is 9.02. The number of piperidine rings is 1. The maximum absolute atomic E-state index is 9.02. The van der Waals surface area contributed by atoms with E-state index in [2.05, 4.69) is 74.3 Å². The first-order chi connectivity index (χ1) is 14.3. The molecule has 2 aromatic rings. The molecule has 4 nitrogen and oxygen atoms in total. The van der Waals surface area contributed by atoms with E-state index in [0.717, 1.165) is 37.4 Å². The minimum Gasteiger partial charge on any atom is -0.395 e. The lowest BCUT2D eigenvalue weighted by Gasteiger charge is -2.42. The largest absolute Gasteiger partial charge is 0.395 e. The Hall–Kier alpha value is -1.91. The molecule has 2 N–H and O–H groups in total. The summed E-state index contributed by atoms with van der Waals surface area (Å²) >= 11 is 0. The van der Waals surface area contributed by atoms with Crippen molar-refractivity contribution in [3.63, 3.8) is 0 Å². The van der Waals surface area contributed by atoms with Gasteiger partial charge in [-0.3, -0.25) is 0 Å². The summed E-state index contributed by atoms with van der Waals surface area (Å²) in [7, 11) is 0. The number of anilines is 1. The molecule has 4 rings (SSSR count). The SMILES string of the molecule is CC1(C)CCC(C)(C)c2cc(-c3cccc(N4CCC(NCCO)CC4)n3)ccc21. The molecule has 30 heavy (non-hydrogen) atoms. The van der Waals surface area contributed by atoms with Gasteiger partial charge in [-0.1, -0.05) is 45.9 Å². The number of aromatic nitrogens is 1. The second-order valence-electron chi connectivity index (χ2n) is 10.3. The number of nitrogens with zero attached hydrogens (tertiary/aromatic N) is 2. The third-order valence-corrected chi connectivity index (χ3v) is 7.25. The van der Waals surface area contributed by atoms with Crippen molar-refractivity contribution < 1.29 is 5.11 Å². The Morgan fingerprint density at radius 3 is 2.40 bits per heavy atom. The zero-order valence-corrected chi connectivity index (χ0v) is 19.0. The maximum Gasteiger partial charge on any atom is 0.129 e. The fourth-order valence-corrected chi connectivity index (χ4v) is 5.09. The van der Waals surface area contributed by atoms with Gasteiger partial charge in [0, 0.05) is 31.2 Å². The Morgan fingerprint density at radius 1 is 1.00 bits per heavy atom. The van der Waals surface area contributed by atoms with Gasteiger partial charge in [0.1, 0.15) is 5.82 Å². The molecule has 0 bridgehead atoms. The van der Waals surface area contributed by atoms with Crippen molar-refractivity contribution in [3.8, 4) is 11.3 Å². The minimum absolute atomic E-state index is 0.207. The van der Waals surface area contributed by atoms with Crippen LogP contribution < -0.4 is 10.2 Å². The van der Waals surface area contributed by atoms with Crippen LogP contribution in [-0.4, -0.2) is 42.4 Å². The molecule has 0 atom stereocenters. The molecule has 0 spiro atoms. The summed E-state index contributed by atoms with van der Waals surface area (Å²) in [6, 6.07) is 13.9. The summed E-state index contributed by atoms with van der Waals surface area (Å²) in [5.41, 5.74) is 5.72. The molecule has 0 unspecified atom stereocenters. The molecule has 1 aliphatic carbocycles. The van der Waals surface area contributed by atoms with Crippen molar-refractivity contribution in [1.29, 1.82) is 0 Å². The van der Waals surface area contributed by atoms with Crippen LogP contribution in [0.2, 0.25) is 0 Å². The highest BCUT2D eigenvalue weighted by Gasteiger charge is 2.37. The van der Waals surface area contributed by atoms with Crippen LogP contribution in [0.4, 0.5) is 5.82 Å². The Labute approximate surface area is 181 Å². The normalized spacial score (nSPS) is 20.8. The summed E-state index contributed by atoms with van der Waals surface area (Å²) in [6.45, 7) is 12.4. The van der Waals surface area contributed by atoms with Gasteiger partial charge >= 0.3 is 0 Å². The number of fused-ring (bicyclic) bond motifs is 1. The zero-order chi connectivity index (χ0) is 21.4. The van der Waals surface area contributed by atoms with Gasteiger partial charge in [0.05, 0.1) is 12.3 Å². The fourth-order valence-electron chi connectivity index (χ4n) is 5.09. The first-order valence-corrected chi connectivity index (χ1v) is 11.5. The molecule has 2 aliphatic rings. The molecular formula is C26H37N3O. The van der Waals surface area contributed by atoms with Crippen molar-refractivity contribution in [2.45, 2.75) is 70.3 Å². The van der Waals surface area contributed by atoms with Gasteiger partial charge in [0.25, 0.3) is 0 Å². The lowest BCUT2D eigenvalue weighted by atomic mass is 9.63. The van der Waals surface area contributed by atoms with Crippen molar-refractivity contribution in [2.24, 2.45) is 0 Å². The van der Waals surface area contributed by atoms with E-state index in [1.54, 1.807) is 0 Å². The number of pyridine rings is 1. The van der Waals surface area contributed by atoms with Crippen LogP contribution in [0, 0.1) is 0 Å². The Morgan fingerprint density at radius 2 is 1.70 bits per heavy atom. The number of nitrogens with one attached hydrogen (secondary N) is 1. The third kappa shape index (κ3) is 4.26. The summed E-state index contributed by atoms with van der Waals surface area (Å²) in [5.74, 6) is 1.07. The predicted octanol–water partition coefficient (Wildman–Crippen LogP) is 4.65. The van der Waals surface area contributed by atoms with Crippen molar-refractivity contribution in [3.05, 3.63) is 47.5 Å². The highest BCUT2D eigenvalue weighted by Crippen LogP contribution is 2.46. The molecule has 0 radical (unpaired) electrons. The molecule has 1 aromatic heterocycles. The van der Waals surface area contributed by atoms with E-state index in [9.17, 15) is 0 Å². The summed E-state index contributed by atoms with van der Waals surface area (Å²) in [5, 5.41) is 12.4. The summed E-state index contributed by atoms with van der Waals surface area (Å²) in [4.78, 5) is 7.45. The van der Waals surface area contributed by atoms with E-state index in [0.29, 0.717) is 12.6 Å². The Kier molecular flexibility index (Phi) is 5.91. The van der Waals surface area contributed by atoms with Gasteiger partial charge in [-0.25, -0.2) is 4.98 Å². The topological polar surface area (TPSA) is 48.4 Å². The first-order valence-electron chi connectivity index (χ1n) is 11.5. The highest BCUT2D eigenvalue weighted by molar-refractivity contribution is 5.65. The number of hydrogen-bond donors (Lipinski definition) is 2. The average Bonchev–Trinajstić information content (AvgIpc) is 2.76. The average molecular weight is 408 g/mol. The molecular weight excluding hydrogens is 370 g/mol. The number of hydrogen-bond acceptors (Lipinski definition) is 4. The summed E-state index contributed by atoms with van der Waals surface area (Å²) in [6.07, 6.45) is 4.65. The van der Waals surface area contributed by atoms with Gasteiger partial charge in [-0.15, -0.1) is 0 Å². The lowest BCUT2D eigenvalue weighted by Crippen LogP contribution is -2.43. The van der Waals surface area contributed by atoms with Crippen LogP contribution in [-0.2, 0) is 10.8 Å². The predicted molar refractivity (Wildman–Crippen MR) is 125 cm³/mol. The van der Waals surface area contributed by atoms with E-state index in [1.807, 2.05) is 0 Å². The molecule has 0 saturated carbocycles. The van der Waals surface area contributed by atoms with Crippen molar-refractivity contribution in [1.82, 2.24) is 10.3 Å². The van der Waals surface area contributed by atoms with Crippen LogP contribution in [0.25, 0.3) is 11.3 Å². The van der Waals surface area contributed by atoms with Crippen molar-refractivity contribution in [2.75, 3.05) is 31.1 Å². The van der Waals surface area contributed by atoms with E-state index in [4.69, 9.17) is 10.1 Å². The van der Waals surface area contributed by atoms with Crippen LogP contribution in [0.5, 0.6) is 0 Å². The third-order valence-electron chi connectivity index (χ3n) is 7.25. The van der Waals surface area contributed by atoms with Gasteiger partial charge in [-0.2, -0.15) is 0 Å². The fraction of sp³-hybridized carbons (Fsp3) is 0.577. The number of rotatable bonds is 5. The second-order valence-corrected chi connectivity index (χ2v) is 10.3. The molecule has 1 aromatic carbocycles. The van der Waals surface area contributed by atoms with E-state index in [1.165, 1.54) is 29.5 Å². The van der Waals surface area contributed by atoms with Crippen LogP contribution in [0.3, 0.4) is 0 Å². The minimum atomic E-state index is 0.207. The highest BCUT2D eigenvalue weighted by atomic mass is 16.3. The first kappa shape index (κ1) is 21.3. The smallest absolute Gasteiger partial charge is 0.129 e. The Balaban J connectivity index is 1.57. The lowest BCUT2D eigenvalue weighted by molar-refractivity contribution is 0.277. The number of aliphatic hydroxyl groups is 1. The Bertz CT molecular complexity index is 882. The van der Waals surface area contributed by atoms with Gasteiger partial charge < -0.3 is 15.3 Å². The van der Waals surface area contributed by atoms with E-state index >= 15 is 0 Å². The molecule has 162 valence electrons. The second kappa shape index (κ2) is 8.32. The standard InChI is InChI=1S/C26H37N3O/c1-25(2)12-13-26(3,4)22-18-19(8-9-21(22)25)23-6-5-7-24(28-23)29-15-10-20(11-16-29)27-14-17-30/h5-9,18,20,27,30H,10-17H2,1-4H3. The van der Waals surface area contributed by atoms with Gasteiger partial charge in [0.2, 0.25) is 0 Å². The van der Waals surface area contributed by atoms with E-state index < -0.39 is 0 Å². The van der Waals surface area contributed by atoms with E-state index in [-0.39, 0.29) is 17.4 Å².